The summed E-state index contributed by atoms with van der Waals surface area (Å²) >= 11 is 7.74. The molecule has 2 nitrogen and oxygen atoms in total. The lowest BCUT2D eigenvalue weighted by Gasteiger charge is -2.09. The van der Waals surface area contributed by atoms with E-state index in [-0.39, 0.29) is 5.25 Å². The van der Waals surface area contributed by atoms with Crippen LogP contribution in [0.15, 0.2) is 0 Å². The first-order valence-corrected chi connectivity index (χ1v) is 3.48. The van der Waals surface area contributed by atoms with Gasteiger partial charge in [0, 0.05) is 0 Å². The van der Waals surface area contributed by atoms with Gasteiger partial charge in [-0.2, -0.15) is 25.3 Å². The molecule has 0 spiro atoms. The van der Waals surface area contributed by atoms with Gasteiger partial charge in [-0.25, -0.2) is 0 Å². The highest BCUT2D eigenvalue weighted by atomic mass is 32.1. The summed E-state index contributed by atoms with van der Waals surface area (Å²) in [6.45, 7) is 0. The van der Waals surface area contributed by atoms with Gasteiger partial charge in [-0.05, 0) is 12.2 Å². The molecule has 0 fully saturated rings. The van der Waals surface area contributed by atoms with Crippen LogP contribution < -0.4 is 0 Å². The Kier molecular flexibility index (Phi) is 4.84. The van der Waals surface area contributed by atoms with Gasteiger partial charge in [0.15, 0.2) is 6.29 Å². The fourth-order valence-electron chi connectivity index (χ4n) is 0.281. The van der Waals surface area contributed by atoms with Crippen LogP contribution in [-0.2, 0) is 0 Å². The number of rotatable bonds is 3. The van der Waals surface area contributed by atoms with Crippen molar-refractivity contribution in [1.82, 2.24) is 0 Å². The molecule has 0 aliphatic rings. The Hall–Kier alpha value is 0.620. The number of aliphatic hydroxyl groups is 2. The first-order valence-electron chi connectivity index (χ1n) is 2.33. The second-order valence-corrected chi connectivity index (χ2v) is 2.60. The van der Waals surface area contributed by atoms with E-state index in [0.29, 0.717) is 12.2 Å². The molecule has 0 aromatic rings. The average Bonchev–Trinajstić information content (AvgIpc) is 1.67. The fourth-order valence-corrected chi connectivity index (χ4v) is 0.892. The van der Waals surface area contributed by atoms with E-state index in [1.165, 1.54) is 0 Å². The highest BCUT2D eigenvalue weighted by Gasteiger charge is 2.08. The summed E-state index contributed by atoms with van der Waals surface area (Å²) in [5.41, 5.74) is 0. The molecule has 0 heterocycles. The Morgan fingerprint density at radius 3 is 2.00 bits per heavy atom. The maximum absolute atomic E-state index is 8.40. The van der Waals surface area contributed by atoms with Crippen LogP contribution in [0, 0.1) is 0 Å². The van der Waals surface area contributed by atoms with Gasteiger partial charge in [0.25, 0.3) is 0 Å². The van der Waals surface area contributed by atoms with Crippen LogP contribution in [0.5, 0.6) is 0 Å². The Labute approximate surface area is 59.7 Å². The summed E-state index contributed by atoms with van der Waals surface area (Å²) in [6.07, 6.45) is -0.699. The first kappa shape index (κ1) is 8.62. The van der Waals surface area contributed by atoms with Crippen LogP contribution >= 0.6 is 25.3 Å². The second-order valence-electron chi connectivity index (χ2n) is 1.49. The predicted molar refractivity (Wildman–Crippen MR) is 39.5 cm³/mol. The van der Waals surface area contributed by atoms with Crippen LogP contribution in [0.4, 0.5) is 0 Å². The minimum absolute atomic E-state index is 0.354. The van der Waals surface area contributed by atoms with Crippen molar-refractivity contribution in [1.29, 1.82) is 0 Å². The zero-order chi connectivity index (χ0) is 6.57. The lowest BCUT2D eigenvalue weighted by atomic mass is 10.3. The van der Waals surface area contributed by atoms with Crippen LogP contribution in [0.1, 0.15) is 6.42 Å². The van der Waals surface area contributed by atoms with Gasteiger partial charge >= 0.3 is 0 Å². The van der Waals surface area contributed by atoms with Gasteiger partial charge in [0.05, 0.1) is 5.25 Å². The molecule has 0 saturated heterocycles. The molecule has 0 radical (unpaired) electrons. The standard InChI is InChI=1S/C4H10O2S2/c5-4(6)3(8)1-2-7/h3-8H,1-2H2. The third kappa shape index (κ3) is 3.60. The zero-order valence-electron chi connectivity index (χ0n) is 4.36. The molecule has 0 rings (SSSR count). The molecule has 0 aromatic heterocycles. The molecular formula is C4H10O2S2. The van der Waals surface area contributed by atoms with Crippen LogP contribution in [0.25, 0.3) is 0 Å². The van der Waals surface area contributed by atoms with Crippen LogP contribution in [0.3, 0.4) is 0 Å². The minimum Gasteiger partial charge on any atom is -0.367 e. The second kappa shape index (κ2) is 4.49. The lowest BCUT2D eigenvalue weighted by Crippen LogP contribution is -2.19. The van der Waals surface area contributed by atoms with Crippen molar-refractivity contribution in [3.8, 4) is 0 Å². The SMILES string of the molecule is OC(O)C(S)CCS. The van der Waals surface area contributed by atoms with E-state index in [9.17, 15) is 0 Å². The normalized spacial score (nSPS) is 14.6. The van der Waals surface area contributed by atoms with E-state index in [1.54, 1.807) is 0 Å². The molecule has 50 valence electrons. The molecular weight excluding hydrogens is 144 g/mol. The molecule has 0 saturated carbocycles. The number of thiol groups is 2. The van der Waals surface area contributed by atoms with E-state index in [2.05, 4.69) is 25.3 Å². The van der Waals surface area contributed by atoms with Crippen molar-refractivity contribution in [3.63, 3.8) is 0 Å². The molecule has 4 heteroatoms. The number of hydrogen-bond acceptors (Lipinski definition) is 4. The molecule has 8 heavy (non-hydrogen) atoms. The summed E-state index contributed by atoms with van der Waals surface area (Å²) in [4.78, 5) is 0. The van der Waals surface area contributed by atoms with Crippen molar-refractivity contribution in [3.05, 3.63) is 0 Å². The average molecular weight is 154 g/mol. The highest BCUT2D eigenvalue weighted by molar-refractivity contribution is 7.81. The monoisotopic (exact) mass is 154 g/mol. The Balaban J connectivity index is 3.17. The van der Waals surface area contributed by atoms with Gasteiger partial charge in [-0.3, -0.25) is 0 Å². The molecule has 1 unspecified atom stereocenters. The Bertz CT molecular complexity index is 58.0. The minimum atomic E-state index is -1.31. The summed E-state index contributed by atoms with van der Waals surface area (Å²) in [5, 5.41) is 16.4. The van der Waals surface area contributed by atoms with Crippen molar-refractivity contribution < 1.29 is 10.2 Å². The quantitative estimate of drug-likeness (QED) is 0.339. The molecule has 0 amide bonds. The maximum Gasteiger partial charge on any atom is 0.163 e. The highest BCUT2D eigenvalue weighted by Crippen LogP contribution is 2.04. The smallest absolute Gasteiger partial charge is 0.163 e. The lowest BCUT2D eigenvalue weighted by molar-refractivity contribution is -0.0398. The van der Waals surface area contributed by atoms with Crippen molar-refractivity contribution in [2.45, 2.75) is 18.0 Å². The Morgan fingerprint density at radius 1 is 1.38 bits per heavy atom. The largest absolute Gasteiger partial charge is 0.367 e. The predicted octanol–water partition coefficient (Wildman–Crippen LogP) is -0.0846. The number of hydrogen-bond donors (Lipinski definition) is 4. The van der Waals surface area contributed by atoms with Gasteiger partial charge < -0.3 is 10.2 Å². The van der Waals surface area contributed by atoms with Crippen molar-refractivity contribution >= 4 is 25.3 Å². The van der Waals surface area contributed by atoms with E-state index < -0.39 is 6.29 Å². The molecule has 2 N–H and O–H groups in total. The maximum atomic E-state index is 8.40. The van der Waals surface area contributed by atoms with Gasteiger partial charge in [0.1, 0.15) is 0 Å². The fraction of sp³-hybridized carbons (Fsp3) is 1.00. The van der Waals surface area contributed by atoms with Gasteiger partial charge in [-0.15, -0.1) is 0 Å². The van der Waals surface area contributed by atoms with Gasteiger partial charge in [0.2, 0.25) is 0 Å². The summed E-state index contributed by atoms with van der Waals surface area (Å²) < 4.78 is 0. The van der Waals surface area contributed by atoms with Crippen molar-refractivity contribution in [2.24, 2.45) is 0 Å². The topological polar surface area (TPSA) is 40.5 Å². The molecule has 0 aromatic carbocycles. The third-order valence-corrected chi connectivity index (χ3v) is 1.55. The van der Waals surface area contributed by atoms with Crippen LogP contribution in [-0.4, -0.2) is 27.5 Å². The molecule has 0 aliphatic heterocycles. The first-order chi connectivity index (χ1) is 3.68. The van der Waals surface area contributed by atoms with E-state index in [0.717, 1.165) is 0 Å². The third-order valence-electron chi connectivity index (χ3n) is 0.769. The van der Waals surface area contributed by atoms with Crippen molar-refractivity contribution in [2.75, 3.05) is 5.75 Å². The van der Waals surface area contributed by atoms with Crippen LogP contribution in [0.2, 0.25) is 0 Å². The summed E-state index contributed by atoms with van der Waals surface area (Å²) in [7, 11) is 0. The molecule has 0 bridgehead atoms. The van der Waals surface area contributed by atoms with E-state index >= 15 is 0 Å². The zero-order valence-corrected chi connectivity index (χ0v) is 6.15. The number of aliphatic hydroxyl groups excluding tert-OH is 1. The van der Waals surface area contributed by atoms with E-state index in [1.807, 2.05) is 0 Å². The summed E-state index contributed by atoms with van der Waals surface area (Å²) in [6, 6.07) is 0. The molecule has 1 atom stereocenters. The molecule has 0 aliphatic carbocycles. The Morgan fingerprint density at radius 2 is 1.88 bits per heavy atom. The van der Waals surface area contributed by atoms with Gasteiger partial charge in [-0.1, -0.05) is 0 Å². The van der Waals surface area contributed by atoms with E-state index in [4.69, 9.17) is 10.2 Å². The summed E-state index contributed by atoms with van der Waals surface area (Å²) in [5.74, 6) is 0.631.